The Morgan fingerprint density at radius 2 is 2.09 bits per heavy atom. The fraction of sp³-hybridized carbons (Fsp3) is 0.467. The Morgan fingerprint density at radius 3 is 2.78 bits per heavy atom. The van der Waals surface area contributed by atoms with Gasteiger partial charge in [-0.05, 0) is 25.1 Å². The molecule has 0 unspecified atom stereocenters. The highest BCUT2D eigenvalue weighted by atomic mass is 19.3. The van der Waals surface area contributed by atoms with Crippen LogP contribution in [0.1, 0.15) is 19.2 Å². The Morgan fingerprint density at radius 1 is 1.30 bits per heavy atom. The molecule has 1 aromatic carbocycles. The lowest BCUT2D eigenvalue weighted by Gasteiger charge is -2.17. The van der Waals surface area contributed by atoms with Crippen molar-refractivity contribution >= 4 is 0 Å². The molecule has 0 bridgehead atoms. The molecule has 1 aromatic heterocycles. The largest absolute Gasteiger partial charge is 0.434 e. The molecule has 0 saturated heterocycles. The summed E-state index contributed by atoms with van der Waals surface area (Å²) in [5.41, 5.74) is 0.340. The molecule has 23 heavy (non-hydrogen) atoms. The molecule has 0 saturated carbocycles. The SMILES string of the molecule is CCCN(CCO)Cc1nc(-c2ccccc2OC(F)F)no1. The summed E-state index contributed by atoms with van der Waals surface area (Å²) >= 11 is 0. The van der Waals surface area contributed by atoms with E-state index in [1.165, 1.54) is 6.07 Å². The second-order valence-electron chi connectivity index (χ2n) is 4.89. The minimum Gasteiger partial charge on any atom is -0.434 e. The van der Waals surface area contributed by atoms with Crippen LogP contribution in [0.25, 0.3) is 11.4 Å². The average molecular weight is 327 g/mol. The lowest BCUT2D eigenvalue weighted by atomic mass is 10.2. The molecule has 0 atom stereocenters. The van der Waals surface area contributed by atoms with Gasteiger partial charge in [-0.25, -0.2) is 0 Å². The molecule has 0 amide bonds. The van der Waals surface area contributed by atoms with E-state index in [1.807, 2.05) is 11.8 Å². The lowest BCUT2D eigenvalue weighted by molar-refractivity contribution is -0.0494. The Labute approximate surface area is 132 Å². The summed E-state index contributed by atoms with van der Waals surface area (Å²) in [5.74, 6) is 0.543. The first-order valence-corrected chi connectivity index (χ1v) is 7.34. The minimum atomic E-state index is -2.92. The zero-order valence-corrected chi connectivity index (χ0v) is 12.8. The summed E-state index contributed by atoms with van der Waals surface area (Å²) in [7, 11) is 0. The maximum atomic E-state index is 12.4. The maximum absolute atomic E-state index is 12.4. The highest BCUT2D eigenvalue weighted by molar-refractivity contribution is 5.63. The van der Waals surface area contributed by atoms with Gasteiger partial charge in [-0.2, -0.15) is 13.8 Å². The second-order valence-corrected chi connectivity index (χ2v) is 4.89. The van der Waals surface area contributed by atoms with Gasteiger partial charge in [0.25, 0.3) is 0 Å². The van der Waals surface area contributed by atoms with E-state index in [4.69, 9.17) is 9.63 Å². The van der Waals surface area contributed by atoms with Crippen LogP contribution in [0.5, 0.6) is 5.75 Å². The number of aliphatic hydroxyl groups is 1. The van der Waals surface area contributed by atoms with Crippen molar-refractivity contribution in [3.8, 4) is 17.1 Å². The standard InChI is InChI=1S/C15H19F2N3O3/c1-2-7-20(8-9-21)10-13-18-14(19-23-13)11-5-3-4-6-12(11)22-15(16)17/h3-6,15,21H,2,7-10H2,1H3. The van der Waals surface area contributed by atoms with Crippen LogP contribution in [0.15, 0.2) is 28.8 Å². The van der Waals surface area contributed by atoms with Crippen molar-refractivity contribution in [2.75, 3.05) is 19.7 Å². The molecule has 126 valence electrons. The van der Waals surface area contributed by atoms with Gasteiger partial charge in [-0.1, -0.05) is 24.2 Å². The number of alkyl halides is 2. The van der Waals surface area contributed by atoms with Gasteiger partial charge in [0.2, 0.25) is 11.7 Å². The van der Waals surface area contributed by atoms with Crippen LogP contribution >= 0.6 is 0 Å². The van der Waals surface area contributed by atoms with E-state index in [9.17, 15) is 8.78 Å². The first kappa shape index (κ1) is 17.3. The number of aromatic nitrogens is 2. The number of halogens is 2. The van der Waals surface area contributed by atoms with Crippen molar-refractivity contribution < 1.29 is 23.1 Å². The van der Waals surface area contributed by atoms with Crippen LogP contribution in [-0.2, 0) is 6.54 Å². The van der Waals surface area contributed by atoms with Crippen molar-refractivity contribution in [3.05, 3.63) is 30.2 Å². The summed E-state index contributed by atoms with van der Waals surface area (Å²) < 4.78 is 34.5. The van der Waals surface area contributed by atoms with Gasteiger partial charge in [0.15, 0.2) is 0 Å². The molecule has 8 heteroatoms. The lowest BCUT2D eigenvalue weighted by Crippen LogP contribution is -2.27. The van der Waals surface area contributed by atoms with Crippen molar-refractivity contribution in [1.82, 2.24) is 15.0 Å². The number of aliphatic hydroxyl groups excluding tert-OH is 1. The number of para-hydroxylation sites is 1. The van der Waals surface area contributed by atoms with Gasteiger partial charge < -0.3 is 14.4 Å². The monoisotopic (exact) mass is 327 g/mol. The predicted molar refractivity (Wildman–Crippen MR) is 79.0 cm³/mol. The molecule has 1 heterocycles. The van der Waals surface area contributed by atoms with Crippen molar-refractivity contribution in [2.24, 2.45) is 0 Å². The van der Waals surface area contributed by atoms with Crippen LogP contribution in [0.3, 0.4) is 0 Å². The van der Waals surface area contributed by atoms with Crippen molar-refractivity contribution in [1.29, 1.82) is 0 Å². The summed E-state index contributed by atoms with van der Waals surface area (Å²) in [5, 5.41) is 12.9. The first-order valence-electron chi connectivity index (χ1n) is 7.34. The Bertz CT molecular complexity index is 601. The number of nitrogens with zero attached hydrogens (tertiary/aromatic N) is 3. The van der Waals surface area contributed by atoms with E-state index in [1.54, 1.807) is 18.2 Å². The fourth-order valence-corrected chi connectivity index (χ4v) is 2.20. The zero-order chi connectivity index (χ0) is 16.7. The average Bonchev–Trinajstić information content (AvgIpc) is 2.96. The van der Waals surface area contributed by atoms with Crippen LogP contribution in [0.4, 0.5) is 8.78 Å². The van der Waals surface area contributed by atoms with E-state index in [0.29, 0.717) is 24.5 Å². The van der Waals surface area contributed by atoms with Gasteiger partial charge in [0, 0.05) is 6.54 Å². The third-order valence-corrected chi connectivity index (χ3v) is 3.13. The van der Waals surface area contributed by atoms with Gasteiger partial charge >= 0.3 is 6.61 Å². The summed E-state index contributed by atoms with van der Waals surface area (Å²) in [6, 6.07) is 6.28. The van der Waals surface area contributed by atoms with Crippen molar-refractivity contribution in [2.45, 2.75) is 26.5 Å². The molecule has 0 radical (unpaired) electrons. The smallest absolute Gasteiger partial charge is 0.387 e. The molecule has 0 aliphatic rings. The summed E-state index contributed by atoms with van der Waals surface area (Å²) in [6.07, 6.45) is 0.923. The molecule has 2 aromatic rings. The van der Waals surface area contributed by atoms with Crippen LogP contribution < -0.4 is 4.74 Å². The Kier molecular flexibility index (Phi) is 6.42. The van der Waals surface area contributed by atoms with Crippen molar-refractivity contribution in [3.63, 3.8) is 0 Å². The summed E-state index contributed by atoms with van der Waals surface area (Å²) in [4.78, 5) is 6.20. The van der Waals surface area contributed by atoms with Crippen LogP contribution in [0.2, 0.25) is 0 Å². The fourth-order valence-electron chi connectivity index (χ4n) is 2.20. The first-order chi connectivity index (χ1) is 11.1. The third-order valence-electron chi connectivity index (χ3n) is 3.13. The number of hydrogen-bond donors (Lipinski definition) is 1. The van der Waals surface area contributed by atoms with E-state index in [0.717, 1.165) is 13.0 Å². The third kappa shape index (κ3) is 4.97. The molecule has 2 rings (SSSR count). The quantitative estimate of drug-likeness (QED) is 0.763. The minimum absolute atomic E-state index is 0.00405. The molecule has 0 fully saturated rings. The van der Waals surface area contributed by atoms with E-state index < -0.39 is 6.61 Å². The van der Waals surface area contributed by atoms with Crippen LogP contribution in [-0.4, -0.2) is 46.5 Å². The number of ether oxygens (including phenoxy) is 1. The van der Waals surface area contributed by atoms with Crippen LogP contribution in [0, 0.1) is 0 Å². The normalized spacial score (nSPS) is 11.4. The molecule has 1 N–H and O–H groups in total. The number of hydrogen-bond acceptors (Lipinski definition) is 6. The Balaban J connectivity index is 2.15. The number of rotatable bonds is 9. The van der Waals surface area contributed by atoms with E-state index in [2.05, 4.69) is 14.9 Å². The zero-order valence-electron chi connectivity index (χ0n) is 12.8. The van der Waals surface area contributed by atoms with Gasteiger partial charge in [-0.15, -0.1) is 0 Å². The molecule has 0 aliphatic carbocycles. The number of benzene rings is 1. The predicted octanol–water partition coefficient (Wildman–Crippen LogP) is 2.54. The van der Waals surface area contributed by atoms with Gasteiger partial charge in [0.1, 0.15) is 5.75 Å². The highest BCUT2D eigenvalue weighted by Crippen LogP contribution is 2.28. The molecule has 6 nitrogen and oxygen atoms in total. The molecule has 0 aliphatic heterocycles. The maximum Gasteiger partial charge on any atom is 0.387 e. The molecule has 0 spiro atoms. The Hall–Kier alpha value is -2.06. The van der Waals surface area contributed by atoms with E-state index >= 15 is 0 Å². The summed E-state index contributed by atoms with van der Waals surface area (Å²) in [6.45, 7) is 0.805. The van der Waals surface area contributed by atoms with Gasteiger partial charge in [0.05, 0.1) is 18.7 Å². The molecular formula is C15H19F2N3O3. The topological polar surface area (TPSA) is 71.6 Å². The highest BCUT2D eigenvalue weighted by Gasteiger charge is 2.17. The van der Waals surface area contributed by atoms with Gasteiger partial charge in [-0.3, -0.25) is 4.90 Å². The second kappa shape index (κ2) is 8.54. The molecular weight excluding hydrogens is 308 g/mol. The van der Waals surface area contributed by atoms with E-state index in [-0.39, 0.29) is 18.2 Å².